The number of benzene rings is 1. The zero-order valence-corrected chi connectivity index (χ0v) is 8.44. The number of hydrogen-bond acceptors (Lipinski definition) is 2. The summed E-state index contributed by atoms with van der Waals surface area (Å²) in [5.41, 5.74) is 1.27. The van der Waals surface area contributed by atoms with Crippen molar-refractivity contribution in [3.8, 4) is 0 Å². The van der Waals surface area contributed by atoms with Crippen molar-refractivity contribution in [2.75, 3.05) is 12.4 Å². The van der Waals surface area contributed by atoms with Gasteiger partial charge < -0.3 is 5.32 Å². The van der Waals surface area contributed by atoms with Crippen molar-refractivity contribution in [3.05, 3.63) is 35.5 Å². The van der Waals surface area contributed by atoms with E-state index in [9.17, 15) is 8.78 Å². The summed E-state index contributed by atoms with van der Waals surface area (Å²) in [7, 11) is 1.67. The Bertz CT molecular complexity index is 523. The fourth-order valence-electron chi connectivity index (χ4n) is 1.59. The number of pyridine rings is 1. The van der Waals surface area contributed by atoms with E-state index in [-0.39, 0.29) is 10.9 Å². The molecular weight excluding hydrogens is 198 g/mol. The zero-order chi connectivity index (χ0) is 11.0. The molecule has 4 heteroatoms. The van der Waals surface area contributed by atoms with E-state index in [0.717, 1.165) is 12.1 Å². The van der Waals surface area contributed by atoms with Gasteiger partial charge in [0.15, 0.2) is 0 Å². The average Bonchev–Trinajstić information content (AvgIpc) is 2.22. The van der Waals surface area contributed by atoms with E-state index in [2.05, 4.69) is 10.3 Å². The van der Waals surface area contributed by atoms with E-state index in [1.54, 1.807) is 20.0 Å². The summed E-state index contributed by atoms with van der Waals surface area (Å²) in [4.78, 5) is 3.99. The standard InChI is InChI=1S/C11H10F2N2/c1-6-5-9(14-2)10-7(12)3-4-8(13)11(10)15-6/h3-5H,1-2H3,(H,14,15). The van der Waals surface area contributed by atoms with E-state index in [1.807, 2.05) is 0 Å². The van der Waals surface area contributed by atoms with Crippen molar-refractivity contribution in [2.45, 2.75) is 6.92 Å². The molecule has 0 saturated carbocycles. The minimum Gasteiger partial charge on any atom is -0.387 e. The van der Waals surface area contributed by atoms with Gasteiger partial charge in [-0.3, -0.25) is 0 Å². The highest BCUT2D eigenvalue weighted by atomic mass is 19.1. The van der Waals surface area contributed by atoms with Crippen LogP contribution >= 0.6 is 0 Å². The first-order valence-corrected chi connectivity index (χ1v) is 4.56. The average molecular weight is 208 g/mol. The Kier molecular flexibility index (Phi) is 2.26. The van der Waals surface area contributed by atoms with Gasteiger partial charge in [0, 0.05) is 18.4 Å². The fourth-order valence-corrected chi connectivity index (χ4v) is 1.59. The van der Waals surface area contributed by atoms with E-state index in [0.29, 0.717) is 11.4 Å². The first kappa shape index (κ1) is 9.83. The minimum absolute atomic E-state index is 0.0688. The van der Waals surface area contributed by atoms with Crippen molar-refractivity contribution in [2.24, 2.45) is 0 Å². The molecule has 0 aliphatic carbocycles. The molecule has 0 amide bonds. The number of aryl methyl sites for hydroxylation is 1. The van der Waals surface area contributed by atoms with Gasteiger partial charge in [0.1, 0.15) is 17.2 Å². The molecule has 0 unspecified atom stereocenters. The van der Waals surface area contributed by atoms with E-state index in [1.165, 1.54) is 0 Å². The number of hydrogen-bond donors (Lipinski definition) is 1. The lowest BCUT2D eigenvalue weighted by molar-refractivity contribution is 0.615. The lowest BCUT2D eigenvalue weighted by atomic mass is 10.1. The predicted octanol–water partition coefficient (Wildman–Crippen LogP) is 2.86. The number of nitrogens with zero attached hydrogens (tertiary/aromatic N) is 1. The summed E-state index contributed by atoms with van der Waals surface area (Å²) in [5.74, 6) is -0.977. The third-order valence-corrected chi connectivity index (χ3v) is 2.26. The summed E-state index contributed by atoms with van der Waals surface area (Å²) in [6.07, 6.45) is 0. The summed E-state index contributed by atoms with van der Waals surface area (Å²) >= 11 is 0. The molecule has 0 atom stereocenters. The normalized spacial score (nSPS) is 10.7. The molecule has 0 radical (unpaired) electrons. The summed E-state index contributed by atoms with van der Waals surface area (Å²) in [6.45, 7) is 1.74. The lowest BCUT2D eigenvalue weighted by Gasteiger charge is -2.08. The van der Waals surface area contributed by atoms with Crippen LogP contribution in [0.2, 0.25) is 0 Å². The van der Waals surface area contributed by atoms with Crippen molar-refractivity contribution in [3.63, 3.8) is 0 Å². The molecule has 0 aliphatic rings. The van der Waals surface area contributed by atoms with Crippen molar-refractivity contribution >= 4 is 16.6 Å². The second-order valence-corrected chi connectivity index (χ2v) is 3.31. The number of nitrogens with one attached hydrogen (secondary N) is 1. The van der Waals surface area contributed by atoms with Crippen LogP contribution in [0.4, 0.5) is 14.5 Å². The quantitative estimate of drug-likeness (QED) is 0.779. The lowest BCUT2D eigenvalue weighted by Crippen LogP contribution is -1.97. The monoisotopic (exact) mass is 208 g/mol. The first-order chi connectivity index (χ1) is 7.13. The van der Waals surface area contributed by atoms with Crippen LogP contribution in [0.15, 0.2) is 18.2 Å². The number of fused-ring (bicyclic) bond motifs is 1. The van der Waals surface area contributed by atoms with E-state index < -0.39 is 11.6 Å². The fraction of sp³-hybridized carbons (Fsp3) is 0.182. The van der Waals surface area contributed by atoms with Gasteiger partial charge in [0.25, 0.3) is 0 Å². The van der Waals surface area contributed by atoms with Crippen molar-refractivity contribution in [1.82, 2.24) is 4.98 Å². The van der Waals surface area contributed by atoms with Gasteiger partial charge in [-0.15, -0.1) is 0 Å². The molecule has 0 bridgehead atoms. The molecule has 78 valence electrons. The number of rotatable bonds is 1. The molecule has 0 aliphatic heterocycles. The minimum atomic E-state index is -0.508. The number of halogens is 2. The summed E-state index contributed by atoms with van der Waals surface area (Å²) < 4.78 is 26.9. The Balaban J connectivity index is 2.95. The molecule has 0 fully saturated rings. The van der Waals surface area contributed by atoms with Gasteiger partial charge in [-0.25, -0.2) is 13.8 Å². The SMILES string of the molecule is CNc1cc(C)nc2c(F)ccc(F)c12. The molecule has 2 rings (SSSR count). The Morgan fingerprint density at radius 2 is 1.87 bits per heavy atom. The highest BCUT2D eigenvalue weighted by Gasteiger charge is 2.11. The van der Waals surface area contributed by atoms with Crippen LogP contribution in [0.25, 0.3) is 10.9 Å². The van der Waals surface area contributed by atoms with Crippen LogP contribution in [0.1, 0.15) is 5.69 Å². The largest absolute Gasteiger partial charge is 0.387 e. The van der Waals surface area contributed by atoms with Gasteiger partial charge in [-0.2, -0.15) is 0 Å². The van der Waals surface area contributed by atoms with Gasteiger partial charge >= 0.3 is 0 Å². The molecule has 1 N–H and O–H groups in total. The summed E-state index contributed by atoms with van der Waals surface area (Å²) in [6, 6.07) is 3.88. The van der Waals surface area contributed by atoms with E-state index >= 15 is 0 Å². The van der Waals surface area contributed by atoms with Crippen LogP contribution in [-0.2, 0) is 0 Å². The second-order valence-electron chi connectivity index (χ2n) is 3.31. The molecule has 1 aromatic carbocycles. The number of aromatic nitrogens is 1. The molecule has 15 heavy (non-hydrogen) atoms. The second kappa shape index (κ2) is 3.46. The maximum Gasteiger partial charge on any atom is 0.149 e. The highest BCUT2D eigenvalue weighted by Crippen LogP contribution is 2.27. The van der Waals surface area contributed by atoms with Gasteiger partial charge in [0.2, 0.25) is 0 Å². The smallest absolute Gasteiger partial charge is 0.149 e. The van der Waals surface area contributed by atoms with Gasteiger partial charge in [-0.05, 0) is 25.1 Å². The Morgan fingerprint density at radius 1 is 1.20 bits per heavy atom. The molecule has 1 heterocycles. The zero-order valence-electron chi connectivity index (χ0n) is 8.44. The van der Waals surface area contributed by atoms with Crippen LogP contribution < -0.4 is 5.32 Å². The Labute approximate surface area is 85.9 Å². The van der Waals surface area contributed by atoms with Crippen molar-refractivity contribution < 1.29 is 8.78 Å². The first-order valence-electron chi connectivity index (χ1n) is 4.56. The highest BCUT2D eigenvalue weighted by molar-refractivity contribution is 5.92. The summed E-state index contributed by atoms with van der Waals surface area (Å²) in [5, 5.41) is 3.03. The third-order valence-electron chi connectivity index (χ3n) is 2.26. The maximum absolute atomic E-state index is 13.5. The molecule has 0 spiro atoms. The molecular formula is C11H10F2N2. The predicted molar refractivity (Wildman–Crippen MR) is 55.9 cm³/mol. The Hall–Kier alpha value is -1.71. The van der Waals surface area contributed by atoms with Crippen LogP contribution in [-0.4, -0.2) is 12.0 Å². The molecule has 1 aromatic heterocycles. The van der Waals surface area contributed by atoms with Crippen LogP contribution in [0, 0.1) is 18.6 Å². The molecule has 0 saturated heterocycles. The van der Waals surface area contributed by atoms with Crippen LogP contribution in [0.5, 0.6) is 0 Å². The van der Waals surface area contributed by atoms with Crippen LogP contribution in [0.3, 0.4) is 0 Å². The third kappa shape index (κ3) is 1.52. The molecule has 2 aromatic rings. The number of anilines is 1. The molecule has 2 nitrogen and oxygen atoms in total. The Morgan fingerprint density at radius 3 is 2.53 bits per heavy atom. The van der Waals surface area contributed by atoms with Gasteiger partial charge in [0.05, 0.1) is 5.39 Å². The van der Waals surface area contributed by atoms with Gasteiger partial charge in [-0.1, -0.05) is 0 Å². The van der Waals surface area contributed by atoms with Crippen molar-refractivity contribution in [1.29, 1.82) is 0 Å². The topological polar surface area (TPSA) is 24.9 Å². The maximum atomic E-state index is 13.5. The van der Waals surface area contributed by atoms with E-state index in [4.69, 9.17) is 0 Å².